The average Bonchev–Trinajstić information content (AvgIpc) is 3.45. The largest absolute Gasteiger partial charge is 0.482 e. The Bertz CT molecular complexity index is 1160. The number of nitro benzene ring substituents is 1. The Morgan fingerprint density at radius 2 is 1.84 bits per heavy atom. The maximum absolute atomic E-state index is 13.3. The van der Waals surface area contributed by atoms with Crippen LogP contribution in [0, 0.1) is 39.6 Å². The molecule has 4 atom stereocenters. The first kappa shape index (κ1) is 20.0. The average molecular weight is 435 g/mol. The summed E-state index contributed by atoms with van der Waals surface area (Å²) in [6, 6.07) is 9.95. The van der Waals surface area contributed by atoms with Crippen LogP contribution in [-0.2, 0) is 16.2 Å². The monoisotopic (exact) mass is 435 g/mol. The van der Waals surface area contributed by atoms with Crippen LogP contribution in [0.3, 0.4) is 0 Å². The van der Waals surface area contributed by atoms with Gasteiger partial charge in [0.25, 0.3) is 11.8 Å². The smallest absolute Gasteiger partial charge is 0.311 e. The summed E-state index contributed by atoms with van der Waals surface area (Å²) in [6.45, 7) is -0.0397. The van der Waals surface area contributed by atoms with Gasteiger partial charge in [0.05, 0.1) is 23.0 Å². The number of hydrogen-bond donors (Lipinski definition) is 0. The van der Waals surface area contributed by atoms with Gasteiger partial charge >= 0.3 is 5.69 Å². The van der Waals surface area contributed by atoms with Crippen LogP contribution in [0.2, 0.25) is 0 Å². The van der Waals surface area contributed by atoms with Gasteiger partial charge in [0.15, 0.2) is 5.75 Å². The topological polar surface area (TPSA) is 102 Å². The van der Waals surface area contributed by atoms with E-state index >= 15 is 0 Å². The van der Waals surface area contributed by atoms with E-state index in [0.29, 0.717) is 11.1 Å². The van der Waals surface area contributed by atoms with Crippen molar-refractivity contribution in [3.63, 3.8) is 0 Å². The quantitative estimate of drug-likeness (QED) is 0.227. The summed E-state index contributed by atoms with van der Waals surface area (Å²) in [7, 11) is 0. The van der Waals surface area contributed by atoms with Gasteiger partial charge in [0, 0.05) is 11.6 Å². The van der Waals surface area contributed by atoms with Crippen molar-refractivity contribution in [2.75, 3.05) is 0 Å². The third-order valence-electron chi connectivity index (χ3n) is 6.23. The van der Waals surface area contributed by atoms with Gasteiger partial charge in [0.2, 0.25) is 0 Å². The van der Waals surface area contributed by atoms with Crippen molar-refractivity contribution >= 4 is 23.7 Å². The molecule has 8 nitrogen and oxygen atoms in total. The minimum atomic E-state index is -0.599. The fraction of sp³-hybridized carbons (Fsp3) is 0.261. The number of carbonyl (C=O) groups is 2. The Kier molecular flexibility index (Phi) is 4.80. The van der Waals surface area contributed by atoms with Crippen molar-refractivity contribution in [3.05, 3.63) is 81.7 Å². The molecule has 9 heteroatoms. The molecule has 4 unspecified atom stereocenters. The van der Waals surface area contributed by atoms with Crippen LogP contribution in [0.1, 0.15) is 17.5 Å². The van der Waals surface area contributed by atoms with E-state index in [1.165, 1.54) is 42.6 Å². The van der Waals surface area contributed by atoms with E-state index in [1.54, 1.807) is 6.07 Å². The standard InChI is InChI=1S/C23H18FN3O5/c24-17-3-1-2-14(8-17)12-32-19-7-4-13(9-18(19)27(30)31)11-25-26-22(28)20-15-5-6-16(10-15)21(20)23(26)29/h1-9,11,15-16,20-21H,10,12H2. The molecule has 0 spiro atoms. The Morgan fingerprint density at radius 3 is 2.50 bits per heavy atom. The van der Waals surface area contributed by atoms with Crippen molar-refractivity contribution in [1.29, 1.82) is 0 Å². The molecule has 1 aliphatic heterocycles. The molecule has 2 aromatic carbocycles. The highest BCUT2D eigenvalue weighted by Crippen LogP contribution is 2.52. The lowest BCUT2D eigenvalue weighted by atomic mass is 9.85. The lowest BCUT2D eigenvalue weighted by Crippen LogP contribution is -2.28. The number of ether oxygens (including phenoxy) is 1. The maximum atomic E-state index is 13.3. The number of halogens is 1. The molecule has 5 rings (SSSR count). The molecule has 0 N–H and O–H groups in total. The molecule has 162 valence electrons. The SMILES string of the molecule is O=C1C2C3C=CC(C3)C2C(=O)N1N=Cc1ccc(OCc2cccc(F)c2)c([N+](=O)[O-])c1. The molecule has 0 radical (unpaired) electrons. The van der Waals surface area contributed by atoms with Crippen molar-refractivity contribution in [2.45, 2.75) is 13.0 Å². The fourth-order valence-electron chi connectivity index (χ4n) is 4.79. The zero-order valence-electron chi connectivity index (χ0n) is 16.8. The van der Waals surface area contributed by atoms with Gasteiger partial charge < -0.3 is 4.74 Å². The van der Waals surface area contributed by atoms with Crippen LogP contribution < -0.4 is 4.74 Å². The number of imide groups is 1. The lowest BCUT2D eigenvalue weighted by Gasteiger charge is -2.13. The second-order valence-corrected chi connectivity index (χ2v) is 8.14. The molecule has 2 aliphatic carbocycles. The summed E-state index contributed by atoms with van der Waals surface area (Å²) in [4.78, 5) is 36.3. The molecule has 2 bridgehead atoms. The molecule has 1 heterocycles. The summed E-state index contributed by atoms with van der Waals surface area (Å²) < 4.78 is 18.8. The van der Waals surface area contributed by atoms with Crippen LogP contribution in [0.4, 0.5) is 10.1 Å². The van der Waals surface area contributed by atoms with E-state index in [0.717, 1.165) is 11.4 Å². The molecular formula is C23H18FN3O5. The van der Waals surface area contributed by atoms with E-state index in [2.05, 4.69) is 5.10 Å². The maximum Gasteiger partial charge on any atom is 0.311 e. The van der Waals surface area contributed by atoms with Crippen molar-refractivity contribution < 1.29 is 23.6 Å². The van der Waals surface area contributed by atoms with Gasteiger partial charge in [-0.25, -0.2) is 4.39 Å². The third-order valence-corrected chi connectivity index (χ3v) is 6.23. The van der Waals surface area contributed by atoms with E-state index in [-0.39, 0.29) is 53.5 Å². The van der Waals surface area contributed by atoms with Gasteiger partial charge in [-0.15, -0.1) is 0 Å². The number of hydrogen-bond acceptors (Lipinski definition) is 6. The molecule has 2 fully saturated rings. The number of carbonyl (C=O) groups excluding carboxylic acids is 2. The van der Waals surface area contributed by atoms with E-state index in [4.69, 9.17) is 4.74 Å². The van der Waals surface area contributed by atoms with Gasteiger partial charge in [-0.1, -0.05) is 24.3 Å². The van der Waals surface area contributed by atoms with E-state index in [1.807, 2.05) is 12.2 Å². The second kappa shape index (κ2) is 7.67. The number of allylic oxidation sites excluding steroid dienone is 2. The van der Waals surface area contributed by atoms with Crippen LogP contribution >= 0.6 is 0 Å². The van der Waals surface area contributed by atoms with Gasteiger partial charge in [-0.05, 0) is 48.1 Å². The number of hydrazone groups is 1. The zero-order chi connectivity index (χ0) is 22.4. The Morgan fingerprint density at radius 1 is 1.12 bits per heavy atom. The lowest BCUT2D eigenvalue weighted by molar-refractivity contribution is -0.385. The number of amides is 2. The summed E-state index contributed by atoms with van der Waals surface area (Å²) in [5, 5.41) is 16.4. The zero-order valence-corrected chi connectivity index (χ0v) is 16.8. The number of rotatable bonds is 6. The highest BCUT2D eigenvalue weighted by atomic mass is 19.1. The first-order valence-electron chi connectivity index (χ1n) is 10.2. The highest BCUT2D eigenvalue weighted by molar-refractivity contribution is 6.06. The number of nitro groups is 1. The molecule has 0 aromatic heterocycles. The summed E-state index contributed by atoms with van der Waals surface area (Å²) in [5.41, 5.74) is 0.571. The van der Waals surface area contributed by atoms with Crippen LogP contribution in [0.25, 0.3) is 0 Å². The summed E-state index contributed by atoms with van der Waals surface area (Å²) in [6.07, 6.45) is 6.08. The normalized spacial score (nSPS) is 25.7. The molecule has 1 saturated carbocycles. The van der Waals surface area contributed by atoms with Gasteiger partial charge in [-0.3, -0.25) is 19.7 Å². The van der Waals surface area contributed by atoms with Crippen molar-refractivity contribution in [1.82, 2.24) is 5.01 Å². The van der Waals surface area contributed by atoms with Crippen molar-refractivity contribution in [3.8, 4) is 5.75 Å². The molecule has 1 saturated heterocycles. The van der Waals surface area contributed by atoms with Crippen molar-refractivity contribution in [2.24, 2.45) is 28.8 Å². The second-order valence-electron chi connectivity index (χ2n) is 8.14. The van der Waals surface area contributed by atoms with E-state index < -0.39 is 10.7 Å². The Balaban J connectivity index is 1.33. The molecule has 32 heavy (non-hydrogen) atoms. The first-order chi connectivity index (χ1) is 15.4. The fourth-order valence-corrected chi connectivity index (χ4v) is 4.79. The minimum Gasteiger partial charge on any atom is -0.482 e. The predicted molar refractivity (Wildman–Crippen MR) is 111 cm³/mol. The van der Waals surface area contributed by atoms with Crippen LogP contribution in [0.15, 0.2) is 59.7 Å². The molecule has 2 aromatic rings. The number of benzene rings is 2. The minimum absolute atomic E-state index is 0.0157. The third kappa shape index (κ3) is 3.35. The first-order valence-corrected chi connectivity index (χ1v) is 10.2. The van der Waals surface area contributed by atoms with E-state index in [9.17, 15) is 24.1 Å². The van der Waals surface area contributed by atoms with Crippen LogP contribution in [0.5, 0.6) is 5.75 Å². The Hall–Kier alpha value is -3.88. The predicted octanol–water partition coefficient (Wildman–Crippen LogP) is 3.45. The summed E-state index contributed by atoms with van der Waals surface area (Å²) in [5.74, 6) is -1.61. The van der Waals surface area contributed by atoms with Gasteiger partial charge in [0.1, 0.15) is 12.4 Å². The molecular weight excluding hydrogens is 417 g/mol. The molecule has 2 amide bonds. The highest BCUT2D eigenvalue weighted by Gasteiger charge is 2.59. The number of nitrogens with zero attached hydrogens (tertiary/aromatic N) is 3. The molecule has 3 aliphatic rings. The van der Waals surface area contributed by atoms with Crippen LogP contribution in [-0.4, -0.2) is 28.0 Å². The number of fused-ring (bicyclic) bond motifs is 5. The summed E-state index contributed by atoms with van der Waals surface area (Å²) >= 11 is 0. The van der Waals surface area contributed by atoms with Gasteiger partial charge in [-0.2, -0.15) is 10.1 Å². The Labute approximate surface area is 182 Å².